The van der Waals surface area contributed by atoms with Crippen LogP contribution in [0.4, 0.5) is 0 Å². The van der Waals surface area contributed by atoms with Crippen molar-refractivity contribution in [1.82, 2.24) is 20.3 Å². The fourth-order valence-corrected chi connectivity index (χ4v) is 2.32. The van der Waals surface area contributed by atoms with Crippen LogP contribution < -0.4 is 5.32 Å². The number of benzene rings is 1. The number of rotatable bonds is 4. The van der Waals surface area contributed by atoms with E-state index in [0.29, 0.717) is 0 Å². The molecule has 0 saturated heterocycles. The molecule has 4 nitrogen and oxygen atoms in total. The topological polar surface area (TPSA) is 42.7 Å². The first-order valence-electron chi connectivity index (χ1n) is 5.88. The lowest BCUT2D eigenvalue weighted by molar-refractivity contribution is 0.580. The number of nitrogens with one attached hydrogen (secondary N) is 1. The summed E-state index contributed by atoms with van der Waals surface area (Å²) in [5.41, 5.74) is 3.41. The molecule has 0 aliphatic rings. The Bertz CT molecular complexity index is 536. The summed E-state index contributed by atoms with van der Waals surface area (Å²) in [5.74, 6) is 0. The van der Waals surface area contributed by atoms with Crippen LogP contribution in [0.2, 0.25) is 5.02 Å². The fraction of sp³-hybridized carbons (Fsp3) is 0.385. The van der Waals surface area contributed by atoms with Gasteiger partial charge in [-0.15, -0.1) is 5.10 Å². The van der Waals surface area contributed by atoms with E-state index in [0.717, 1.165) is 17.1 Å². The predicted octanol–water partition coefficient (Wildman–Crippen LogP) is 2.28. The van der Waals surface area contributed by atoms with Gasteiger partial charge in [0.05, 0.1) is 5.69 Å². The van der Waals surface area contributed by atoms with Crippen LogP contribution in [0, 0.1) is 6.92 Å². The summed E-state index contributed by atoms with van der Waals surface area (Å²) in [6.45, 7) is 2.07. The summed E-state index contributed by atoms with van der Waals surface area (Å²) in [5, 5.41) is 12.2. The van der Waals surface area contributed by atoms with E-state index in [4.69, 9.17) is 11.6 Å². The third-order valence-electron chi connectivity index (χ3n) is 3.02. The molecule has 0 radical (unpaired) electrons. The van der Waals surface area contributed by atoms with Crippen LogP contribution in [-0.4, -0.2) is 22.0 Å². The third kappa shape index (κ3) is 2.89. The Morgan fingerprint density at radius 3 is 2.78 bits per heavy atom. The highest BCUT2D eigenvalue weighted by Gasteiger charge is 2.14. The predicted molar refractivity (Wildman–Crippen MR) is 72.7 cm³/mol. The second-order valence-electron chi connectivity index (χ2n) is 4.43. The van der Waals surface area contributed by atoms with Gasteiger partial charge in [0.1, 0.15) is 0 Å². The molecule has 1 unspecified atom stereocenters. The van der Waals surface area contributed by atoms with Gasteiger partial charge in [-0.3, -0.25) is 4.68 Å². The van der Waals surface area contributed by atoms with Gasteiger partial charge in [-0.25, -0.2) is 0 Å². The van der Waals surface area contributed by atoms with E-state index in [2.05, 4.69) is 28.6 Å². The van der Waals surface area contributed by atoms with Crippen LogP contribution in [0.25, 0.3) is 0 Å². The summed E-state index contributed by atoms with van der Waals surface area (Å²) in [6, 6.07) is 6.19. The molecule has 0 bridgehead atoms. The fourth-order valence-electron chi connectivity index (χ4n) is 2.10. The lowest BCUT2D eigenvalue weighted by atomic mass is 9.98. The van der Waals surface area contributed by atoms with Crippen LogP contribution in [0.3, 0.4) is 0 Å². The maximum Gasteiger partial charge on any atom is 0.0845 e. The molecule has 1 aromatic heterocycles. The third-order valence-corrected chi connectivity index (χ3v) is 3.25. The monoisotopic (exact) mass is 264 g/mol. The highest BCUT2D eigenvalue weighted by molar-refractivity contribution is 6.30. The SMILES string of the molecule is CNC(Cc1cn(C)nn1)c1ccc(Cl)cc1C. The Kier molecular flexibility index (Phi) is 3.99. The lowest BCUT2D eigenvalue weighted by Gasteiger charge is -2.17. The van der Waals surface area contributed by atoms with Gasteiger partial charge in [0.25, 0.3) is 0 Å². The molecule has 2 aromatic rings. The second-order valence-corrected chi connectivity index (χ2v) is 4.87. The Morgan fingerprint density at radius 1 is 1.44 bits per heavy atom. The molecule has 0 aliphatic heterocycles. The molecule has 2 rings (SSSR count). The normalized spacial score (nSPS) is 12.7. The largest absolute Gasteiger partial charge is 0.313 e. The number of hydrogen-bond acceptors (Lipinski definition) is 3. The van der Waals surface area contributed by atoms with E-state index in [1.165, 1.54) is 11.1 Å². The molecule has 18 heavy (non-hydrogen) atoms. The molecular weight excluding hydrogens is 248 g/mol. The molecule has 5 heteroatoms. The van der Waals surface area contributed by atoms with E-state index >= 15 is 0 Å². The van der Waals surface area contributed by atoms with Crippen LogP contribution in [0.1, 0.15) is 22.9 Å². The van der Waals surface area contributed by atoms with Crippen molar-refractivity contribution in [3.05, 3.63) is 46.2 Å². The van der Waals surface area contributed by atoms with Gasteiger partial charge in [0.15, 0.2) is 0 Å². The quantitative estimate of drug-likeness (QED) is 0.921. The van der Waals surface area contributed by atoms with Gasteiger partial charge < -0.3 is 5.32 Å². The maximum atomic E-state index is 5.98. The van der Waals surface area contributed by atoms with Gasteiger partial charge in [-0.05, 0) is 37.2 Å². The number of hydrogen-bond donors (Lipinski definition) is 1. The Morgan fingerprint density at radius 2 is 2.22 bits per heavy atom. The van der Waals surface area contributed by atoms with Crippen molar-refractivity contribution in [2.75, 3.05) is 7.05 Å². The summed E-state index contributed by atoms with van der Waals surface area (Å²) in [4.78, 5) is 0. The number of likely N-dealkylation sites (N-methyl/N-ethyl adjacent to an activating group) is 1. The molecule has 96 valence electrons. The van der Waals surface area contributed by atoms with E-state index in [9.17, 15) is 0 Å². The van der Waals surface area contributed by atoms with E-state index in [1.54, 1.807) is 4.68 Å². The van der Waals surface area contributed by atoms with Gasteiger partial charge in [0, 0.05) is 30.7 Å². The zero-order valence-electron chi connectivity index (χ0n) is 10.8. The minimum atomic E-state index is 0.221. The first-order valence-corrected chi connectivity index (χ1v) is 6.26. The molecular formula is C13H17ClN4. The highest BCUT2D eigenvalue weighted by atomic mass is 35.5. The average Bonchev–Trinajstić information content (AvgIpc) is 2.72. The Labute approximate surface area is 112 Å². The Balaban J connectivity index is 2.22. The first-order chi connectivity index (χ1) is 8.60. The number of nitrogens with zero attached hydrogens (tertiary/aromatic N) is 3. The number of aromatic nitrogens is 3. The Hall–Kier alpha value is -1.39. The minimum absolute atomic E-state index is 0.221. The molecule has 0 spiro atoms. The van der Waals surface area contributed by atoms with Crippen molar-refractivity contribution in [3.8, 4) is 0 Å². The van der Waals surface area contributed by atoms with E-state index in [-0.39, 0.29) is 6.04 Å². The minimum Gasteiger partial charge on any atom is -0.313 e. The van der Waals surface area contributed by atoms with Crippen molar-refractivity contribution in [1.29, 1.82) is 0 Å². The van der Waals surface area contributed by atoms with Crippen molar-refractivity contribution >= 4 is 11.6 Å². The van der Waals surface area contributed by atoms with Gasteiger partial charge in [-0.1, -0.05) is 22.9 Å². The second kappa shape index (κ2) is 5.50. The average molecular weight is 265 g/mol. The maximum absolute atomic E-state index is 5.98. The molecule has 1 aromatic carbocycles. The summed E-state index contributed by atoms with van der Waals surface area (Å²) >= 11 is 5.98. The zero-order chi connectivity index (χ0) is 13.1. The van der Waals surface area contributed by atoms with Crippen LogP contribution >= 0.6 is 11.6 Å². The molecule has 1 atom stereocenters. The van der Waals surface area contributed by atoms with Crippen molar-refractivity contribution in [2.45, 2.75) is 19.4 Å². The van der Waals surface area contributed by atoms with Crippen molar-refractivity contribution in [2.24, 2.45) is 7.05 Å². The summed E-state index contributed by atoms with van der Waals surface area (Å²) in [6.07, 6.45) is 2.75. The van der Waals surface area contributed by atoms with Gasteiger partial charge in [-0.2, -0.15) is 0 Å². The van der Waals surface area contributed by atoms with Crippen LogP contribution in [0.15, 0.2) is 24.4 Å². The van der Waals surface area contributed by atoms with Gasteiger partial charge >= 0.3 is 0 Å². The van der Waals surface area contributed by atoms with Crippen LogP contribution in [-0.2, 0) is 13.5 Å². The molecule has 1 heterocycles. The molecule has 0 fully saturated rings. The van der Waals surface area contributed by atoms with Crippen molar-refractivity contribution in [3.63, 3.8) is 0 Å². The molecule has 0 saturated carbocycles. The zero-order valence-corrected chi connectivity index (χ0v) is 11.6. The highest BCUT2D eigenvalue weighted by Crippen LogP contribution is 2.23. The van der Waals surface area contributed by atoms with Crippen molar-refractivity contribution < 1.29 is 0 Å². The van der Waals surface area contributed by atoms with Gasteiger partial charge in [0.2, 0.25) is 0 Å². The van der Waals surface area contributed by atoms with E-state index in [1.807, 2.05) is 32.4 Å². The molecule has 0 aliphatic carbocycles. The smallest absolute Gasteiger partial charge is 0.0845 e. The van der Waals surface area contributed by atoms with E-state index < -0.39 is 0 Å². The first kappa shape index (κ1) is 13.1. The van der Waals surface area contributed by atoms with Crippen LogP contribution in [0.5, 0.6) is 0 Å². The molecule has 0 amide bonds. The number of halogens is 1. The standard InChI is InChI=1S/C13H17ClN4/c1-9-6-10(14)4-5-12(9)13(15-2)7-11-8-18(3)17-16-11/h4-6,8,13,15H,7H2,1-3H3. The number of aryl methyl sites for hydroxylation is 2. The summed E-state index contributed by atoms with van der Waals surface area (Å²) < 4.78 is 1.72. The lowest BCUT2D eigenvalue weighted by Crippen LogP contribution is -2.20. The molecule has 1 N–H and O–H groups in total. The summed E-state index contributed by atoms with van der Waals surface area (Å²) in [7, 11) is 3.83.